The van der Waals surface area contributed by atoms with Gasteiger partial charge in [-0.1, -0.05) is 11.6 Å². The molecule has 2 aromatic rings. The fourth-order valence-corrected chi connectivity index (χ4v) is 2.00. The van der Waals surface area contributed by atoms with Crippen molar-refractivity contribution in [3.63, 3.8) is 0 Å². The van der Waals surface area contributed by atoms with Crippen LogP contribution in [-0.4, -0.2) is 5.91 Å². The number of anilines is 2. The lowest BCUT2D eigenvalue weighted by molar-refractivity contribution is 0.103. The first-order valence-electron chi connectivity index (χ1n) is 4.57. The number of hydrogen-bond acceptors (Lipinski definition) is 3. The fourth-order valence-electron chi connectivity index (χ4n) is 1.20. The molecule has 3 nitrogen and oxygen atoms in total. The Hall–Kier alpha value is -1.52. The van der Waals surface area contributed by atoms with Crippen LogP contribution >= 0.6 is 22.9 Å². The molecule has 2 rings (SSSR count). The Kier molecular flexibility index (Phi) is 3.12. The molecule has 0 bridgehead atoms. The lowest BCUT2D eigenvalue weighted by atomic mass is 10.3. The number of carbonyl (C=O) groups is 1. The molecule has 3 N–H and O–H groups in total. The molecule has 16 heavy (non-hydrogen) atoms. The molecule has 1 aromatic carbocycles. The quantitative estimate of drug-likeness (QED) is 0.862. The zero-order chi connectivity index (χ0) is 11.5. The van der Waals surface area contributed by atoms with Crippen LogP contribution in [-0.2, 0) is 0 Å². The number of benzene rings is 1. The largest absolute Gasteiger partial charge is 0.391 e. The maximum Gasteiger partial charge on any atom is 0.265 e. The van der Waals surface area contributed by atoms with Gasteiger partial charge in [-0.2, -0.15) is 0 Å². The minimum atomic E-state index is -0.163. The van der Waals surface area contributed by atoms with Crippen LogP contribution < -0.4 is 11.1 Å². The van der Waals surface area contributed by atoms with Crippen molar-refractivity contribution < 1.29 is 4.79 Å². The molecular formula is C11H9ClN2OS. The zero-order valence-electron chi connectivity index (χ0n) is 8.24. The number of thiophene rings is 1. The van der Waals surface area contributed by atoms with Gasteiger partial charge in [-0.25, -0.2) is 0 Å². The molecule has 0 fully saturated rings. The first-order chi connectivity index (χ1) is 7.65. The van der Waals surface area contributed by atoms with Gasteiger partial charge in [0.25, 0.3) is 5.91 Å². The number of rotatable bonds is 2. The van der Waals surface area contributed by atoms with Crippen LogP contribution in [0, 0.1) is 0 Å². The average Bonchev–Trinajstić information content (AvgIpc) is 2.68. The second-order valence-corrected chi connectivity index (χ2v) is 4.71. The van der Waals surface area contributed by atoms with Crippen molar-refractivity contribution in [2.45, 2.75) is 0 Å². The summed E-state index contributed by atoms with van der Waals surface area (Å²) in [7, 11) is 0. The topological polar surface area (TPSA) is 55.1 Å². The van der Waals surface area contributed by atoms with Crippen molar-refractivity contribution in [3.05, 3.63) is 46.3 Å². The Morgan fingerprint density at radius 2 is 1.88 bits per heavy atom. The van der Waals surface area contributed by atoms with Crippen LogP contribution in [0.2, 0.25) is 5.02 Å². The first kappa shape index (κ1) is 11.0. The molecule has 1 amide bonds. The highest BCUT2D eigenvalue weighted by Gasteiger charge is 2.08. The summed E-state index contributed by atoms with van der Waals surface area (Å²) in [6, 6.07) is 10.3. The fraction of sp³-hybridized carbons (Fsp3) is 0. The van der Waals surface area contributed by atoms with Crippen molar-refractivity contribution in [2.75, 3.05) is 11.1 Å². The van der Waals surface area contributed by atoms with Crippen molar-refractivity contribution in [1.29, 1.82) is 0 Å². The number of halogens is 1. The van der Waals surface area contributed by atoms with E-state index in [1.807, 2.05) is 0 Å². The molecular weight excluding hydrogens is 244 g/mol. The van der Waals surface area contributed by atoms with E-state index >= 15 is 0 Å². The SMILES string of the molecule is Nc1ccc(C(=O)Nc2ccc(Cl)cc2)s1. The third kappa shape index (κ3) is 2.53. The molecule has 0 aliphatic rings. The number of nitrogens with two attached hydrogens (primary N) is 1. The molecule has 0 atom stereocenters. The second kappa shape index (κ2) is 4.55. The van der Waals surface area contributed by atoms with Gasteiger partial charge in [0.2, 0.25) is 0 Å². The minimum absolute atomic E-state index is 0.163. The highest BCUT2D eigenvalue weighted by Crippen LogP contribution is 2.20. The molecule has 1 heterocycles. The maximum absolute atomic E-state index is 11.7. The Morgan fingerprint density at radius 3 is 2.44 bits per heavy atom. The van der Waals surface area contributed by atoms with Gasteiger partial charge in [-0.15, -0.1) is 11.3 Å². The van der Waals surface area contributed by atoms with E-state index in [2.05, 4.69) is 5.32 Å². The van der Waals surface area contributed by atoms with Gasteiger partial charge in [-0.05, 0) is 36.4 Å². The van der Waals surface area contributed by atoms with Gasteiger partial charge >= 0.3 is 0 Å². The van der Waals surface area contributed by atoms with Crippen molar-refractivity contribution in [1.82, 2.24) is 0 Å². The number of amides is 1. The van der Waals surface area contributed by atoms with E-state index in [0.717, 1.165) is 0 Å². The van der Waals surface area contributed by atoms with Gasteiger partial charge in [-0.3, -0.25) is 4.79 Å². The minimum Gasteiger partial charge on any atom is -0.391 e. The summed E-state index contributed by atoms with van der Waals surface area (Å²) < 4.78 is 0. The van der Waals surface area contributed by atoms with E-state index < -0.39 is 0 Å². The molecule has 1 aromatic heterocycles. The van der Waals surface area contributed by atoms with Crippen molar-refractivity contribution >= 4 is 39.5 Å². The lowest BCUT2D eigenvalue weighted by Gasteiger charge is -2.02. The predicted molar refractivity (Wildman–Crippen MR) is 68.1 cm³/mol. The Morgan fingerprint density at radius 1 is 1.19 bits per heavy atom. The number of nitrogens with one attached hydrogen (secondary N) is 1. The average molecular weight is 253 g/mol. The normalized spacial score (nSPS) is 10.1. The van der Waals surface area contributed by atoms with Crippen LogP contribution in [0.4, 0.5) is 10.7 Å². The third-order valence-electron chi connectivity index (χ3n) is 1.95. The van der Waals surface area contributed by atoms with E-state index in [4.69, 9.17) is 17.3 Å². The number of nitrogen functional groups attached to an aromatic ring is 1. The Balaban J connectivity index is 2.10. The second-order valence-electron chi connectivity index (χ2n) is 3.16. The van der Waals surface area contributed by atoms with E-state index in [-0.39, 0.29) is 5.91 Å². The van der Waals surface area contributed by atoms with Crippen LogP contribution in [0.15, 0.2) is 36.4 Å². The standard InChI is InChI=1S/C11H9ClN2OS/c12-7-1-3-8(4-2-7)14-11(15)9-5-6-10(13)16-9/h1-6H,13H2,(H,14,15). The van der Waals surface area contributed by atoms with E-state index in [1.165, 1.54) is 11.3 Å². The maximum atomic E-state index is 11.7. The number of carbonyl (C=O) groups excluding carboxylic acids is 1. The molecule has 0 aliphatic carbocycles. The van der Waals surface area contributed by atoms with E-state index in [9.17, 15) is 4.79 Å². The van der Waals surface area contributed by atoms with Gasteiger partial charge < -0.3 is 11.1 Å². The van der Waals surface area contributed by atoms with Crippen LogP contribution in [0.25, 0.3) is 0 Å². The highest BCUT2D eigenvalue weighted by molar-refractivity contribution is 7.17. The molecule has 82 valence electrons. The predicted octanol–water partition coefficient (Wildman–Crippen LogP) is 3.24. The molecule has 0 saturated heterocycles. The summed E-state index contributed by atoms with van der Waals surface area (Å²) in [6.07, 6.45) is 0. The van der Waals surface area contributed by atoms with Crippen LogP contribution in [0.1, 0.15) is 9.67 Å². The molecule has 0 spiro atoms. The van der Waals surface area contributed by atoms with Gasteiger partial charge in [0.05, 0.1) is 9.88 Å². The Bertz CT molecular complexity index is 507. The van der Waals surface area contributed by atoms with Crippen LogP contribution in [0.5, 0.6) is 0 Å². The third-order valence-corrected chi connectivity index (χ3v) is 3.12. The Labute approximate surface area is 102 Å². The van der Waals surface area contributed by atoms with Crippen LogP contribution in [0.3, 0.4) is 0 Å². The number of hydrogen-bond donors (Lipinski definition) is 2. The zero-order valence-corrected chi connectivity index (χ0v) is 9.81. The van der Waals surface area contributed by atoms with Gasteiger partial charge in [0.1, 0.15) is 0 Å². The molecule has 0 saturated carbocycles. The van der Waals surface area contributed by atoms with E-state index in [1.54, 1.807) is 36.4 Å². The summed E-state index contributed by atoms with van der Waals surface area (Å²) >= 11 is 7.00. The van der Waals surface area contributed by atoms with Crippen molar-refractivity contribution in [2.24, 2.45) is 0 Å². The summed E-state index contributed by atoms with van der Waals surface area (Å²) in [4.78, 5) is 12.3. The first-order valence-corrected chi connectivity index (χ1v) is 5.77. The summed E-state index contributed by atoms with van der Waals surface area (Å²) in [6.45, 7) is 0. The molecule has 5 heteroatoms. The van der Waals surface area contributed by atoms with E-state index in [0.29, 0.717) is 20.6 Å². The molecule has 0 unspecified atom stereocenters. The summed E-state index contributed by atoms with van der Waals surface area (Å²) in [5, 5.41) is 4.02. The summed E-state index contributed by atoms with van der Waals surface area (Å²) in [5.41, 5.74) is 6.26. The summed E-state index contributed by atoms with van der Waals surface area (Å²) in [5.74, 6) is -0.163. The van der Waals surface area contributed by atoms with Crippen molar-refractivity contribution in [3.8, 4) is 0 Å². The molecule has 0 aliphatic heterocycles. The monoisotopic (exact) mass is 252 g/mol. The smallest absolute Gasteiger partial charge is 0.265 e. The highest BCUT2D eigenvalue weighted by atomic mass is 35.5. The van der Waals surface area contributed by atoms with Gasteiger partial charge in [0.15, 0.2) is 0 Å². The lowest BCUT2D eigenvalue weighted by Crippen LogP contribution is -2.09. The van der Waals surface area contributed by atoms with Gasteiger partial charge in [0, 0.05) is 10.7 Å². The molecule has 0 radical (unpaired) electrons.